The average Bonchev–Trinajstić information content (AvgIpc) is 2.29. The Labute approximate surface area is 94.8 Å². The van der Waals surface area contributed by atoms with Gasteiger partial charge in [0.25, 0.3) is 0 Å². The van der Waals surface area contributed by atoms with E-state index in [0.29, 0.717) is 0 Å². The number of rotatable bonds is 9. The van der Waals surface area contributed by atoms with Crippen LogP contribution >= 0.6 is 0 Å². The summed E-state index contributed by atoms with van der Waals surface area (Å²) >= 11 is 0. The van der Waals surface area contributed by atoms with Gasteiger partial charge in [-0.3, -0.25) is 0 Å². The van der Waals surface area contributed by atoms with Gasteiger partial charge in [0.1, 0.15) is 0 Å². The Morgan fingerprint density at radius 3 is 2.00 bits per heavy atom. The molecule has 0 aliphatic carbocycles. The fourth-order valence-electron chi connectivity index (χ4n) is 1.44. The van der Waals surface area contributed by atoms with Crippen molar-refractivity contribution in [2.24, 2.45) is 0 Å². The molecule has 0 atom stereocenters. The molecule has 0 unspecified atom stereocenters. The van der Waals surface area contributed by atoms with Gasteiger partial charge in [-0.15, -0.1) is 0 Å². The van der Waals surface area contributed by atoms with E-state index >= 15 is 0 Å². The lowest BCUT2D eigenvalue weighted by molar-refractivity contribution is 0.123. The first-order valence-corrected chi connectivity index (χ1v) is 7.48. The van der Waals surface area contributed by atoms with Crippen LogP contribution in [0.25, 0.3) is 0 Å². The van der Waals surface area contributed by atoms with Crippen molar-refractivity contribution in [3.05, 3.63) is 12.2 Å². The quantitative estimate of drug-likeness (QED) is 0.347. The maximum absolute atomic E-state index is 5.34. The largest absolute Gasteiger partial charge is 0.500 e. The zero-order valence-corrected chi connectivity index (χ0v) is 11.4. The second-order valence-electron chi connectivity index (χ2n) is 3.42. The topological polar surface area (TPSA) is 27.7 Å². The maximum atomic E-state index is 5.34. The van der Waals surface area contributed by atoms with E-state index < -0.39 is 8.80 Å². The molecule has 0 heterocycles. The van der Waals surface area contributed by atoms with Crippen LogP contribution in [0.1, 0.15) is 32.6 Å². The highest BCUT2D eigenvalue weighted by Gasteiger charge is 2.36. The molecule has 90 valence electrons. The summed E-state index contributed by atoms with van der Waals surface area (Å²) in [7, 11) is 2.68. The van der Waals surface area contributed by atoms with Crippen molar-refractivity contribution in [1.82, 2.24) is 0 Å². The van der Waals surface area contributed by atoms with Crippen LogP contribution in [0.3, 0.4) is 0 Å². The van der Waals surface area contributed by atoms with E-state index in [2.05, 4.69) is 19.1 Å². The lowest BCUT2D eigenvalue weighted by Crippen LogP contribution is -2.42. The van der Waals surface area contributed by atoms with Crippen LogP contribution in [0.15, 0.2) is 12.2 Å². The molecule has 0 spiro atoms. The molecule has 3 nitrogen and oxygen atoms in total. The van der Waals surface area contributed by atoms with Gasteiger partial charge in [-0.1, -0.05) is 19.1 Å². The van der Waals surface area contributed by atoms with E-state index in [9.17, 15) is 0 Å². The first kappa shape index (κ1) is 14.8. The normalized spacial score (nSPS) is 12.5. The summed E-state index contributed by atoms with van der Waals surface area (Å²) in [5.74, 6) is 0. The second-order valence-corrected chi connectivity index (χ2v) is 6.51. The van der Waals surface area contributed by atoms with Gasteiger partial charge < -0.3 is 13.3 Å². The Hall–Kier alpha value is -0.163. The molecule has 0 aromatic carbocycles. The first-order chi connectivity index (χ1) is 7.24. The van der Waals surface area contributed by atoms with E-state index in [-0.39, 0.29) is 0 Å². The minimum absolute atomic E-state index is 0.899. The first-order valence-electron chi connectivity index (χ1n) is 5.55. The van der Waals surface area contributed by atoms with E-state index in [1.807, 2.05) is 0 Å². The van der Waals surface area contributed by atoms with Gasteiger partial charge in [0.05, 0.1) is 0 Å². The Morgan fingerprint density at radius 1 is 0.933 bits per heavy atom. The fourth-order valence-corrected chi connectivity index (χ4v) is 3.24. The molecule has 0 bridgehead atoms. The number of hydrogen-bond acceptors (Lipinski definition) is 3. The summed E-state index contributed by atoms with van der Waals surface area (Å²) < 4.78 is 16.0. The maximum Gasteiger partial charge on any atom is 0.500 e. The van der Waals surface area contributed by atoms with Crippen molar-refractivity contribution in [1.29, 1.82) is 0 Å². The van der Waals surface area contributed by atoms with Gasteiger partial charge in [-0.2, -0.15) is 0 Å². The van der Waals surface area contributed by atoms with Crippen molar-refractivity contribution < 1.29 is 13.3 Å². The van der Waals surface area contributed by atoms with Gasteiger partial charge in [-0.05, 0) is 25.7 Å². The highest BCUT2D eigenvalue weighted by Crippen LogP contribution is 2.17. The summed E-state index contributed by atoms with van der Waals surface area (Å²) in [4.78, 5) is 0. The Bertz CT molecular complexity index is 159. The molecule has 0 saturated heterocycles. The van der Waals surface area contributed by atoms with E-state index in [1.54, 1.807) is 21.3 Å². The molecule has 0 saturated carbocycles. The molecular formula is C11H24O3Si. The van der Waals surface area contributed by atoms with Gasteiger partial charge in [0.2, 0.25) is 0 Å². The van der Waals surface area contributed by atoms with E-state index in [4.69, 9.17) is 13.3 Å². The molecule has 0 rings (SSSR count). The fraction of sp³-hybridized carbons (Fsp3) is 0.818. The third kappa shape index (κ3) is 6.09. The summed E-state index contributed by atoms with van der Waals surface area (Å²) in [6.07, 6.45) is 8.95. The number of allylic oxidation sites excluding steroid dienone is 2. The monoisotopic (exact) mass is 232 g/mol. The molecule has 15 heavy (non-hydrogen) atoms. The molecular weight excluding hydrogens is 208 g/mol. The predicted molar refractivity (Wildman–Crippen MR) is 64.9 cm³/mol. The molecule has 0 aromatic rings. The summed E-state index contributed by atoms with van der Waals surface area (Å²) in [5.41, 5.74) is 0. The van der Waals surface area contributed by atoms with Crippen LogP contribution in [0.2, 0.25) is 6.04 Å². The van der Waals surface area contributed by atoms with Gasteiger partial charge in [0.15, 0.2) is 0 Å². The average molecular weight is 232 g/mol. The summed E-state index contributed by atoms with van der Waals surface area (Å²) in [5, 5.41) is 0. The summed E-state index contributed by atoms with van der Waals surface area (Å²) in [6.45, 7) is 2.15. The number of unbranched alkanes of at least 4 members (excludes halogenated alkanes) is 2. The third-order valence-electron chi connectivity index (χ3n) is 2.44. The van der Waals surface area contributed by atoms with Crippen molar-refractivity contribution in [3.8, 4) is 0 Å². The molecule has 0 amide bonds. The predicted octanol–water partition coefficient (Wildman–Crippen LogP) is 3.00. The Balaban J connectivity index is 3.67. The van der Waals surface area contributed by atoms with Crippen LogP contribution in [0.5, 0.6) is 0 Å². The molecule has 0 fully saturated rings. The minimum Gasteiger partial charge on any atom is -0.377 e. The van der Waals surface area contributed by atoms with Crippen molar-refractivity contribution in [2.75, 3.05) is 21.3 Å². The Morgan fingerprint density at radius 2 is 1.53 bits per heavy atom. The SMILES string of the molecule is CCC=CCCCC[Si](OC)(OC)OC. The van der Waals surface area contributed by atoms with Crippen LogP contribution in [0, 0.1) is 0 Å². The van der Waals surface area contributed by atoms with Gasteiger partial charge in [0, 0.05) is 27.4 Å². The zero-order valence-electron chi connectivity index (χ0n) is 10.4. The minimum atomic E-state index is -2.31. The Kier molecular flexibility index (Phi) is 8.99. The zero-order chi connectivity index (χ0) is 11.6. The van der Waals surface area contributed by atoms with Crippen molar-refractivity contribution >= 4 is 8.80 Å². The van der Waals surface area contributed by atoms with Crippen LogP contribution in [0.4, 0.5) is 0 Å². The molecule has 0 aliphatic rings. The van der Waals surface area contributed by atoms with Gasteiger partial charge in [-0.25, -0.2) is 0 Å². The third-order valence-corrected chi connectivity index (χ3v) is 5.27. The lowest BCUT2D eigenvalue weighted by Gasteiger charge is -2.24. The standard InChI is InChI=1S/C11H24O3Si/c1-5-6-7-8-9-10-11-15(12-2,13-3)14-4/h6-7H,5,8-11H2,1-4H3. The van der Waals surface area contributed by atoms with Crippen molar-refractivity contribution in [3.63, 3.8) is 0 Å². The second kappa shape index (κ2) is 9.09. The van der Waals surface area contributed by atoms with E-state index in [1.165, 1.54) is 6.42 Å². The smallest absolute Gasteiger partial charge is 0.377 e. The molecule has 0 radical (unpaired) electrons. The van der Waals surface area contributed by atoms with E-state index in [0.717, 1.165) is 25.3 Å². The van der Waals surface area contributed by atoms with Gasteiger partial charge >= 0.3 is 8.80 Å². The van der Waals surface area contributed by atoms with Crippen LogP contribution in [-0.4, -0.2) is 30.1 Å². The number of hydrogen-bond donors (Lipinski definition) is 0. The van der Waals surface area contributed by atoms with Crippen molar-refractivity contribution in [2.45, 2.75) is 38.7 Å². The molecule has 0 aromatic heterocycles. The van der Waals surface area contributed by atoms with Crippen LogP contribution in [-0.2, 0) is 13.3 Å². The molecule has 0 aliphatic heterocycles. The highest BCUT2D eigenvalue weighted by atomic mass is 28.4. The summed E-state index contributed by atoms with van der Waals surface area (Å²) in [6, 6.07) is 0.899. The molecule has 4 heteroatoms. The van der Waals surface area contributed by atoms with Crippen LogP contribution < -0.4 is 0 Å². The highest BCUT2D eigenvalue weighted by molar-refractivity contribution is 6.60. The lowest BCUT2D eigenvalue weighted by atomic mass is 10.2. The molecule has 0 N–H and O–H groups in total.